The number of aromatic hydroxyl groups is 3. The van der Waals surface area contributed by atoms with E-state index in [0.717, 1.165) is 63.8 Å². The van der Waals surface area contributed by atoms with Gasteiger partial charge >= 0.3 is 5.97 Å². The van der Waals surface area contributed by atoms with Gasteiger partial charge in [-0.3, -0.25) is 33.6 Å². The molecule has 1 spiro atoms. The number of fused-ring (bicyclic) bond motifs is 13. The van der Waals surface area contributed by atoms with Crippen molar-refractivity contribution in [2.45, 2.75) is 180 Å². The Labute approximate surface area is 726 Å². The molecule has 1 aromatic heterocycles. The number of carboxylic acid groups (broad SMARTS) is 1. The highest BCUT2D eigenvalue weighted by Gasteiger charge is 2.65. The van der Waals surface area contributed by atoms with Crippen molar-refractivity contribution in [1.29, 1.82) is 0 Å². The number of hydrogen-bond acceptors (Lipinski definition) is 29. The van der Waals surface area contributed by atoms with Crippen molar-refractivity contribution >= 4 is 93.5 Å². The number of benzene rings is 6. The van der Waals surface area contributed by atoms with Crippen LogP contribution in [-0.4, -0.2) is 220 Å². The van der Waals surface area contributed by atoms with Crippen LogP contribution in [0.15, 0.2) is 127 Å². The number of carboxylic acids is 1. The summed E-state index contributed by atoms with van der Waals surface area (Å²) >= 11 is 22.2. The number of rotatable bonds is 18. The summed E-state index contributed by atoms with van der Waals surface area (Å²) in [6.45, 7) is 5.81. The molecule has 11 bridgehead atoms. The lowest BCUT2D eigenvalue weighted by Gasteiger charge is -2.47. The molecule has 7 aromatic rings. The van der Waals surface area contributed by atoms with E-state index in [9.17, 15) is 70.6 Å². The first-order chi connectivity index (χ1) is 58.8. The fraction of sp³-hybridized carbons (Fsp3) is 0.405. The van der Waals surface area contributed by atoms with E-state index in [0.29, 0.717) is 11.6 Å². The van der Waals surface area contributed by atoms with Crippen LogP contribution in [-0.2, 0) is 63.8 Å². The van der Waals surface area contributed by atoms with Gasteiger partial charge in [-0.05, 0) is 159 Å². The molecule has 23 N–H and O–H groups in total. The number of aliphatic hydroxyl groups is 7. The molecule has 2 saturated heterocycles. The first kappa shape index (κ1) is 89.7. The molecule has 40 heteroatoms. The number of nitrogens with two attached hydrogens (primary N) is 2. The van der Waals surface area contributed by atoms with Gasteiger partial charge in [0.1, 0.15) is 107 Å². The molecule has 8 aliphatic heterocycles. The zero-order valence-corrected chi connectivity index (χ0v) is 69.7. The van der Waals surface area contributed by atoms with Gasteiger partial charge in [-0.2, -0.15) is 0 Å². The van der Waals surface area contributed by atoms with Gasteiger partial charge in [0.2, 0.25) is 59.7 Å². The molecule has 9 heterocycles. The molecule has 2 unspecified atom stereocenters. The van der Waals surface area contributed by atoms with Crippen molar-refractivity contribution in [3.8, 4) is 67.6 Å². The summed E-state index contributed by atoms with van der Waals surface area (Å²) in [6, 6.07) is 13.3. The number of aliphatic carboxylic acids is 1. The number of ether oxygens (including phenoxy) is 7. The third-order valence-corrected chi connectivity index (χ3v) is 24.9. The Hall–Kier alpha value is -10.5. The molecule has 660 valence electrons. The van der Waals surface area contributed by atoms with Gasteiger partial charge in [-0.25, -0.2) is 4.79 Å². The molecule has 3 fully saturated rings. The highest BCUT2D eigenvalue weighted by Crippen LogP contribution is 2.52. The normalized spacial score (nSPS) is 30.2. The molecule has 124 heavy (non-hydrogen) atoms. The van der Waals surface area contributed by atoms with Crippen LogP contribution in [0.5, 0.6) is 46.0 Å². The van der Waals surface area contributed by atoms with Crippen LogP contribution < -0.4 is 68.2 Å². The summed E-state index contributed by atoms with van der Waals surface area (Å²) < 4.78 is 45.2. The fourth-order valence-electron chi connectivity index (χ4n) is 16.4. The number of amides is 7. The second kappa shape index (κ2) is 36.2. The maximum absolute atomic E-state index is 16.6. The molecular formula is C84H91Cl3N10O26S. The van der Waals surface area contributed by atoms with E-state index in [2.05, 4.69) is 42.5 Å². The summed E-state index contributed by atoms with van der Waals surface area (Å²) in [7, 11) is 1.48. The van der Waals surface area contributed by atoms with Crippen LogP contribution in [0.4, 0.5) is 0 Å². The first-order valence-corrected chi connectivity index (χ1v) is 41.4. The lowest BCUT2D eigenvalue weighted by molar-refractivity contribution is -0.321. The quantitative estimate of drug-likeness (QED) is 0.0586. The van der Waals surface area contributed by atoms with E-state index in [1.807, 2.05) is 38.1 Å². The van der Waals surface area contributed by atoms with Gasteiger partial charge in [0.05, 0.1) is 53.5 Å². The minimum absolute atomic E-state index is 0.0230. The predicted octanol–water partition coefficient (Wildman–Crippen LogP) is 3.33. The number of hydrogen-bond donors (Lipinski definition) is 21. The highest BCUT2D eigenvalue weighted by molar-refractivity contribution is 7.15. The number of phenols is 3. The molecule has 22 atom stereocenters. The highest BCUT2D eigenvalue weighted by atomic mass is 35.5. The van der Waals surface area contributed by atoms with E-state index in [4.69, 9.17) is 79.4 Å². The molecule has 36 nitrogen and oxygen atoms in total. The summed E-state index contributed by atoms with van der Waals surface area (Å²) in [4.78, 5) is 124. The number of carbonyl (C=O) groups excluding carboxylic acids is 7. The minimum atomic E-state index is -2.51. The first-order valence-electron chi connectivity index (χ1n) is 39.4. The Kier molecular flexibility index (Phi) is 26.2. The lowest BCUT2D eigenvalue weighted by Crippen LogP contribution is -2.63. The van der Waals surface area contributed by atoms with Crippen molar-refractivity contribution in [3.05, 3.63) is 175 Å². The Balaban J connectivity index is 0.926. The van der Waals surface area contributed by atoms with Gasteiger partial charge < -0.3 is 143 Å². The van der Waals surface area contributed by atoms with Crippen molar-refractivity contribution in [3.63, 3.8) is 0 Å². The van der Waals surface area contributed by atoms with Crippen LogP contribution in [0.25, 0.3) is 21.6 Å². The van der Waals surface area contributed by atoms with Crippen LogP contribution in [0.1, 0.15) is 110 Å². The largest absolute Gasteiger partial charge is 0.508 e. The zero-order valence-electron chi connectivity index (χ0n) is 66.7. The van der Waals surface area contributed by atoms with Gasteiger partial charge in [0, 0.05) is 55.5 Å². The Morgan fingerprint density at radius 1 is 0.702 bits per heavy atom. The number of halogens is 3. The Bertz CT molecular complexity index is 5360. The monoisotopic (exact) mass is 1790 g/mol. The third kappa shape index (κ3) is 18.3. The molecular weight excluding hydrogens is 1700 g/mol. The standard InChI is InChI=1S/C84H91Cl3N10O26S/c1-32(2)18-48(90-5)74(109)95-65-66(103)37-10-16-53(47(87)21-37)120-55-23-38-22-54(70(55)122-81-69(106)68(105)71(57(31-98)121-81)123-80-67(104)51(102)26-41(118-80)29-91-30-42-13-17-58(124-42)34-6-11-39(85)12-7-34)119-52-15-9-35(20-46(52)86)59(56-28-83(4,89)72(107)33(3)117-56)64-77(112)93-63(79(114)115)44-24-40(99)25-50(101)60(44)43-19-36(8-14-49(43)100)61(75(110)94-64)92-76(111)62(38)96-82(116)84(97-78(65)113)27-45(84)73(88)108/h6-17,19-26,32-33,45,48,51,56-57,59,61-69,71-72,80-81,90-91,98-107H,18,27-31,89H2,1-5H3,(H2,88,108)(H,92,111)(H,93,112)(H,94,110)(H,95,109)(H,96,116)(H,97,113)(H,114,115)/t33-,45-,48+,51-,56?,57+,59-,61+,62+,63+,64-,65+,66+,67+,68+,69+,71+,72-,80-,81-,83-,84?/m0/s1. The average molecular weight is 1800 g/mol. The Morgan fingerprint density at radius 3 is 2.00 bits per heavy atom. The summed E-state index contributed by atoms with van der Waals surface area (Å²) in [5, 5.41) is 150. The predicted molar refractivity (Wildman–Crippen MR) is 441 cm³/mol. The van der Waals surface area contributed by atoms with Crippen molar-refractivity contribution in [2.24, 2.45) is 23.3 Å². The smallest absolute Gasteiger partial charge is 0.330 e. The number of thiophene rings is 1. The minimum Gasteiger partial charge on any atom is -0.508 e. The lowest BCUT2D eigenvalue weighted by atomic mass is 9.75. The number of phenolic OH excluding ortho intramolecular Hbond substituents is 3. The maximum atomic E-state index is 16.6. The van der Waals surface area contributed by atoms with Gasteiger partial charge in [-0.1, -0.05) is 79.0 Å². The molecule has 7 amide bonds. The zero-order chi connectivity index (χ0) is 89.1. The van der Waals surface area contributed by atoms with Crippen LogP contribution in [0.2, 0.25) is 15.1 Å². The van der Waals surface area contributed by atoms with Crippen molar-refractivity contribution < 1.29 is 128 Å². The van der Waals surface area contributed by atoms with Gasteiger partial charge in [-0.15, -0.1) is 11.3 Å². The third-order valence-electron chi connectivity index (χ3n) is 22.9. The van der Waals surface area contributed by atoms with E-state index in [-0.39, 0.29) is 58.5 Å². The molecule has 1 saturated carbocycles. The van der Waals surface area contributed by atoms with E-state index < -0.39 is 261 Å². The molecule has 16 rings (SSSR count). The fourth-order valence-corrected chi connectivity index (χ4v) is 17.9. The molecule has 1 aliphatic carbocycles. The number of aliphatic hydroxyl groups excluding tert-OH is 7. The molecule has 6 aromatic carbocycles. The number of primary amides is 1. The number of nitrogens with one attached hydrogen (secondary N) is 8. The molecule has 0 radical (unpaired) electrons. The van der Waals surface area contributed by atoms with E-state index >= 15 is 24.0 Å². The second-order valence-corrected chi connectivity index (χ2v) is 34.7. The maximum Gasteiger partial charge on any atom is 0.330 e. The second-order valence-electron chi connectivity index (χ2n) is 32.2. The van der Waals surface area contributed by atoms with Crippen LogP contribution in [0.3, 0.4) is 0 Å². The van der Waals surface area contributed by atoms with Crippen molar-refractivity contribution in [1.82, 2.24) is 42.5 Å². The van der Waals surface area contributed by atoms with E-state index in [1.165, 1.54) is 68.6 Å². The van der Waals surface area contributed by atoms with Crippen molar-refractivity contribution in [2.75, 3.05) is 20.2 Å². The number of likely N-dealkylation sites (N-methyl/N-ethyl adjacent to an activating group) is 1. The average Bonchev–Trinajstić information content (AvgIpc) is 1.56. The summed E-state index contributed by atoms with van der Waals surface area (Å²) in [6.07, 6.45) is -21.3. The van der Waals surface area contributed by atoms with E-state index in [1.54, 1.807) is 12.1 Å². The SMILES string of the molecule is CN[C@H](CC(C)C)C(=O)N[C@H]1C(=O)NC2(C[C@H]2C(N)=O)C(=O)N[C@H]2C(=O)N[C@H]3C(=O)N[C@H](C(=O)N[C@@H](C(=O)O)c4cc(O)cc(O)c4-c4cc3ccc4O)[C@H](C3C[C@](C)(N)[C@@H](O)[C@H](C)O3)c3ccc(c(Cl)c3)Oc3cc2cc(c3O[C@@H]2O[C@H](CO)[C@@H](O[C@@H]3OC(CNCc4ccc(-c5ccc(Cl)cc5)s4)=C[C@H](O)[C@H]3O)[C@H](O)[C@H]2O)Oc2ccc(cc2Cl)[C@H]1O. The van der Waals surface area contributed by atoms with Gasteiger partial charge in [0.15, 0.2) is 17.5 Å². The van der Waals surface area contributed by atoms with Crippen LogP contribution in [0, 0.1) is 11.8 Å². The summed E-state index contributed by atoms with van der Waals surface area (Å²) in [5.74, 6) is -19.1. The molecule has 9 aliphatic rings. The van der Waals surface area contributed by atoms with Gasteiger partial charge in [0.25, 0.3) is 0 Å². The Morgan fingerprint density at radius 2 is 1.36 bits per heavy atom. The summed E-state index contributed by atoms with van der Waals surface area (Å²) in [5.41, 5.74) is 7.11. The topological polar surface area (TPSA) is 572 Å². The van der Waals surface area contributed by atoms with Crippen LogP contribution >= 0.6 is 46.1 Å². The number of carbonyl (C=O) groups is 8.